The fourth-order valence-electron chi connectivity index (χ4n) is 2.60. The summed E-state index contributed by atoms with van der Waals surface area (Å²) in [5.41, 5.74) is 3.00. The Hall–Kier alpha value is -0.220. The molecule has 1 aromatic carbocycles. The first-order valence-corrected chi connectivity index (χ1v) is 8.00. The van der Waals surface area contributed by atoms with Crippen LogP contribution in [0, 0.1) is 5.92 Å². The van der Waals surface area contributed by atoms with Crippen LogP contribution in [0.25, 0.3) is 0 Å². The molecule has 0 aliphatic heterocycles. The number of thioether (sulfide) groups is 1. The Bertz CT molecular complexity index is 367. The highest BCUT2D eigenvalue weighted by molar-refractivity contribution is 7.99. The van der Waals surface area contributed by atoms with E-state index in [2.05, 4.69) is 11.5 Å². The highest BCUT2D eigenvalue weighted by Crippen LogP contribution is 2.30. The Morgan fingerprint density at radius 2 is 2.11 bits per heavy atom. The molecule has 0 spiro atoms. The molecule has 0 saturated heterocycles. The quantitative estimate of drug-likeness (QED) is 0.490. The Balaban J connectivity index is 1.86. The molecule has 1 saturated carbocycles. The van der Waals surface area contributed by atoms with Gasteiger partial charge in [-0.3, -0.25) is 11.3 Å². The van der Waals surface area contributed by atoms with E-state index in [1.807, 2.05) is 30.0 Å². The molecule has 0 bridgehead atoms. The van der Waals surface area contributed by atoms with E-state index in [0.29, 0.717) is 6.04 Å². The molecule has 1 aliphatic carbocycles. The number of hydrogen-bond donors (Lipinski definition) is 2. The van der Waals surface area contributed by atoms with E-state index in [1.54, 1.807) is 0 Å². The zero-order chi connectivity index (χ0) is 12.8. The molecule has 2 nitrogen and oxygen atoms in total. The molecular formula is C14H21ClN2S. The third kappa shape index (κ3) is 4.16. The lowest BCUT2D eigenvalue weighted by molar-refractivity contribution is 0.287. The number of benzene rings is 1. The highest BCUT2D eigenvalue weighted by Gasteiger charge is 2.22. The van der Waals surface area contributed by atoms with Crippen LogP contribution in [0.15, 0.2) is 29.2 Å². The Morgan fingerprint density at radius 1 is 1.33 bits per heavy atom. The summed E-state index contributed by atoms with van der Waals surface area (Å²) < 4.78 is 0. The molecular weight excluding hydrogens is 264 g/mol. The fourth-order valence-corrected chi connectivity index (χ4v) is 3.98. The molecule has 100 valence electrons. The van der Waals surface area contributed by atoms with Crippen molar-refractivity contribution in [2.45, 2.75) is 43.0 Å². The van der Waals surface area contributed by atoms with Crippen molar-refractivity contribution >= 4 is 23.4 Å². The van der Waals surface area contributed by atoms with Crippen LogP contribution in [-0.2, 0) is 0 Å². The van der Waals surface area contributed by atoms with Crippen LogP contribution in [0.4, 0.5) is 0 Å². The van der Waals surface area contributed by atoms with Crippen molar-refractivity contribution < 1.29 is 0 Å². The summed E-state index contributed by atoms with van der Waals surface area (Å²) in [6.45, 7) is 0. The van der Waals surface area contributed by atoms with Gasteiger partial charge in [0.15, 0.2) is 0 Å². The van der Waals surface area contributed by atoms with Gasteiger partial charge in [-0.2, -0.15) is 0 Å². The van der Waals surface area contributed by atoms with Gasteiger partial charge < -0.3 is 0 Å². The van der Waals surface area contributed by atoms with Gasteiger partial charge in [-0.05, 0) is 37.0 Å². The van der Waals surface area contributed by atoms with Crippen LogP contribution in [0.3, 0.4) is 0 Å². The van der Waals surface area contributed by atoms with E-state index < -0.39 is 0 Å². The first-order valence-electron chi connectivity index (χ1n) is 6.64. The second kappa shape index (κ2) is 7.39. The SMILES string of the molecule is NNC(CSc1cccc(Cl)c1)C1CCCCC1. The van der Waals surface area contributed by atoms with Crippen molar-refractivity contribution in [2.75, 3.05) is 5.75 Å². The number of hydrogen-bond acceptors (Lipinski definition) is 3. The molecule has 0 heterocycles. The molecule has 1 aliphatic rings. The van der Waals surface area contributed by atoms with Gasteiger partial charge in [0, 0.05) is 21.7 Å². The standard InChI is InChI=1S/C14H21ClN2S/c15-12-7-4-8-13(9-12)18-10-14(17-16)11-5-2-1-3-6-11/h4,7-9,11,14,17H,1-3,5-6,10,16H2. The highest BCUT2D eigenvalue weighted by atomic mass is 35.5. The first-order chi connectivity index (χ1) is 8.79. The van der Waals surface area contributed by atoms with Crippen molar-refractivity contribution in [2.24, 2.45) is 11.8 Å². The molecule has 18 heavy (non-hydrogen) atoms. The number of hydrazine groups is 1. The van der Waals surface area contributed by atoms with Crippen LogP contribution >= 0.6 is 23.4 Å². The molecule has 0 aromatic heterocycles. The Kier molecular flexibility index (Phi) is 5.83. The van der Waals surface area contributed by atoms with Crippen LogP contribution < -0.4 is 11.3 Å². The minimum Gasteiger partial charge on any atom is -0.271 e. The average Bonchev–Trinajstić information content (AvgIpc) is 2.41. The number of halogens is 1. The van der Waals surface area contributed by atoms with Crippen molar-refractivity contribution in [1.82, 2.24) is 5.43 Å². The molecule has 1 unspecified atom stereocenters. The van der Waals surface area contributed by atoms with E-state index in [-0.39, 0.29) is 0 Å². The third-order valence-electron chi connectivity index (χ3n) is 3.66. The van der Waals surface area contributed by atoms with Crippen molar-refractivity contribution in [3.8, 4) is 0 Å². The summed E-state index contributed by atoms with van der Waals surface area (Å²) in [7, 11) is 0. The summed E-state index contributed by atoms with van der Waals surface area (Å²) in [6.07, 6.45) is 6.71. The van der Waals surface area contributed by atoms with Gasteiger partial charge in [0.2, 0.25) is 0 Å². The van der Waals surface area contributed by atoms with Crippen LogP contribution in [0.1, 0.15) is 32.1 Å². The van der Waals surface area contributed by atoms with Crippen molar-refractivity contribution in [3.05, 3.63) is 29.3 Å². The second-order valence-corrected chi connectivity index (χ2v) is 6.47. The van der Waals surface area contributed by atoms with Gasteiger partial charge in [0.1, 0.15) is 0 Å². The molecule has 1 atom stereocenters. The molecule has 0 radical (unpaired) electrons. The smallest absolute Gasteiger partial charge is 0.0417 e. The number of nitrogens with one attached hydrogen (secondary N) is 1. The predicted octanol–water partition coefficient (Wildman–Crippen LogP) is 3.84. The maximum atomic E-state index is 5.99. The van der Waals surface area contributed by atoms with E-state index in [9.17, 15) is 0 Å². The van der Waals surface area contributed by atoms with E-state index >= 15 is 0 Å². The van der Waals surface area contributed by atoms with E-state index in [4.69, 9.17) is 17.4 Å². The van der Waals surface area contributed by atoms with Gasteiger partial charge in [-0.1, -0.05) is 36.9 Å². The van der Waals surface area contributed by atoms with Gasteiger partial charge in [0.25, 0.3) is 0 Å². The van der Waals surface area contributed by atoms with Crippen molar-refractivity contribution in [1.29, 1.82) is 0 Å². The minimum absolute atomic E-state index is 0.411. The minimum atomic E-state index is 0.411. The molecule has 1 aromatic rings. The second-order valence-electron chi connectivity index (χ2n) is 4.94. The van der Waals surface area contributed by atoms with Crippen LogP contribution in [0.2, 0.25) is 5.02 Å². The lowest BCUT2D eigenvalue weighted by Gasteiger charge is -2.29. The van der Waals surface area contributed by atoms with Crippen LogP contribution in [-0.4, -0.2) is 11.8 Å². The summed E-state index contributed by atoms with van der Waals surface area (Å²) in [5.74, 6) is 7.46. The number of nitrogens with two attached hydrogens (primary N) is 1. The molecule has 1 fully saturated rings. The topological polar surface area (TPSA) is 38.0 Å². The summed E-state index contributed by atoms with van der Waals surface area (Å²) in [5, 5.41) is 0.801. The average molecular weight is 285 g/mol. The fraction of sp³-hybridized carbons (Fsp3) is 0.571. The Labute approximate surface area is 119 Å². The monoisotopic (exact) mass is 284 g/mol. The molecule has 0 amide bonds. The lowest BCUT2D eigenvalue weighted by atomic mass is 9.85. The largest absolute Gasteiger partial charge is 0.271 e. The van der Waals surface area contributed by atoms with Gasteiger partial charge >= 0.3 is 0 Å². The van der Waals surface area contributed by atoms with Crippen LogP contribution in [0.5, 0.6) is 0 Å². The summed E-state index contributed by atoms with van der Waals surface area (Å²) >= 11 is 7.82. The first kappa shape index (κ1) is 14.2. The lowest BCUT2D eigenvalue weighted by Crippen LogP contribution is -2.43. The predicted molar refractivity (Wildman–Crippen MR) is 79.9 cm³/mol. The summed E-state index contributed by atoms with van der Waals surface area (Å²) in [6, 6.07) is 8.43. The molecule has 3 N–H and O–H groups in total. The zero-order valence-electron chi connectivity index (χ0n) is 10.6. The maximum absolute atomic E-state index is 5.99. The maximum Gasteiger partial charge on any atom is 0.0417 e. The summed E-state index contributed by atoms with van der Waals surface area (Å²) in [4.78, 5) is 1.22. The normalized spacial score (nSPS) is 18.8. The van der Waals surface area contributed by atoms with E-state index in [0.717, 1.165) is 16.7 Å². The zero-order valence-corrected chi connectivity index (χ0v) is 12.1. The number of rotatable bonds is 5. The van der Waals surface area contributed by atoms with Gasteiger partial charge in [0.05, 0.1) is 0 Å². The third-order valence-corrected chi connectivity index (χ3v) is 5.01. The van der Waals surface area contributed by atoms with Gasteiger partial charge in [-0.25, -0.2) is 0 Å². The molecule has 2 rings (SSSR count). The van der Waals surface area contributed by atoms with E-state index in [1.165, 1.54) is 37.0 Å². The Morgan fingerprint density at radius 3 is 2.78 bits per heavy atom. The molecule has 4 heteroatoms. The van der Waals surface area contributed by atoms with Gasteiger partial charge in [-0.15, -0.1) is 11.8 Å². The van der Waals surface area contributed by atoms with Crippen molar-refractivity contribution in [3.63, 3.8) is 0 Å².